The fourth-order valence-electron chi connectivity index (χ4n) is 1.85. The highest BCUT2D eigenvalue weighted by Crippen LogP contribution is 2.19. The van der Waals surface area contributed by atoms with E-state index in [1.807, 2.05) is 0 Å². The summed E-state index contributed by atoms with van der Waals surface area (Å²) >= 11 is 0. The van der Waals surface area contributed by atoms with E-state index in [2.05, 4.69) is 4.74 Å². The summed E-state index contributed by atoms with van der Waals surface area (Å²) < 4.78 is 77.9. The van der Waals surface area contributed by atoms with Gasteiger partial charge in [0, 0.05) is 5.56 Å². The number of Topliss-reactive ketones (excluding diaryl/α,β-unsaturated/α-hetero) is 1. The molecule has 0 aromatic heterocycles. The third-order valence-corrected chi connectivity index (χ3v) is 4.63. The predicted molar refractivity (Wildman–Crippen MR) is 80.6 cm³/mol. The topological polar surface area (TPSA) is 77.5 Å². The monoisotopic (exact) mass is 390 g/mol. The Morgan fingerprint density at radius 1 is 0.923 bits per heavy atom. The van der Waals surface area contributed by atoms with Crippen LogP contribution < -0.4 is 0 Å². The van der Waals surface area contributed by atoms with Crippen LogP contribution in [0.1, 0.15) is 20.7 Å². The summed E-state index contributed by atoms with van der Waals surface area (Å²) in [6.45, 7) is -0.777. The molecule has 0 fully saturated rings. The summed E-state index contributed by atoms with van der Waals surface area (Å²) in [6.07, 6.45) is 0. The van der Waals surface area contributed by atoms with Crippen molar-refractivity contribution in [2.45, 2.75) is 10.7 Å². The van der Waals surface area contributed by atoms with Gasteiger partial charge in [-0.1, -0.05) is 0 Å². The molecule has 2 rings (SSSR count). The van der Waals surface area contributed by atoms with Gasteiger partial charge in [-0.15, -0.1) is 0 Å². The molecule has 2 aromatic rings. The molecular formula is C16H10F4O5S. The van der Waals surface area contributed by atoms with Crippen LogP contribution in [0.3, 0.4) is 0 Å². The number of esters is 1. The molecule has 0 saturated carbocycles. The second-order valence-corrected chi connectivity index (χ2v) is 6.88. The van der Waals surface area contributed by atoms with Crippen molar-refractivity contribution in [3.05, 3.63) is 65.2 Å². The first-order chi connectivity index (χ1) is 12.1. The third kappa shape index (κ3) is 4.26. The summed E-state index contributed by atoms with van der Waals surface area (Å²) in [6, 6.07) is 5.89. The van der Waals surface area contributed by atoms with Crippen molar-refractivity contribution in [2.24, 2.45) is 0 Å². The van der Waals surface area contributed by atoms with Crippen LogP contribution in [-0.4, -0.2) is 32.5 Å². The number of benzene rings is 2. The van der Waals surface area contributed by atoms with Gasteiger partial charge in [0.15, 0.2) is 24.0 Å². The summed E-state index contributed by atoms with van der Waals surface area (Å²) in [5, 5.41) is 0. The average molecular weight is 390 g/mol. The third-order valence-electron chi connectivity index (χ3n) is 3.23. The zero-order valence-corrected chi connectivity index (χ0v) is 13.6. The largest absolute Gasteiger partial charge is 0.454 e. The number of rotatable bonds is 6. The highest BCUT2D eigenvalue weighted by Gasteiger charge is 2.26. The Labute approximate surface area is 145 Å². The average Bonchev–Trinajstić information content (AvgIpc) is 2.61. The second kappa shape index (κ2) is 7.65. The van der Waals surface area contributed by atoms with E-state index >= 15 is 0 Å². The number of sulfone groups is 1. The standard InChI is InChI=1S/C16H10F4O5S/c17-12-6-3-10(7-13(12)18)14(21)8-25-15(22)9-1-4-11(5-2-9)26(23,24)16(19)20/h1-7,16H,8H2. The van der Waals surface area contributed by atoms with Gasteiger partial charge >= 0.3 is 11.7 Å². The smallest absolute Gasteiger partial charge is 0.341 e. The van der Waals surface area contributed by atoms with Crippen molar-refractivity contribution < 1.29 is 40.3 Å². The molecule has 0 unspecified atom stereocenters. The van der Waals surface area contributed by atoms with Gasteiger partial charge in [-0.25, -0.2) is 22.0 Å². The molecule has 0 saturated heterocycles. The number of carbonyl (C=O) groups excluding carboxylic acids is 2. The van der Waals surface area contributed by atoms with E-state index in [0.29, 0.717) is 6.07 Å². The molecule has 0 aliphatic heterocycles. The van der Waals surface area contributed by atoms with Crippen molar-refractivity contribution in [1.82, 2.24) is 0 Å². The number of ether oxygens (including phenoxy) is 1. The Balaban J connectivity index is 2.04. The second-order valence-electron chi connectivity index (χ2n) is 4.96. The van der Waals surface area contributed by atoms with E-state index in [-0.39, 0.29) is 11.1 Å². The molecular weight excluding hydrogens is 380 g/mol. The van der Waals surface area contributed by atoms with Crippen LogP contribution in [0.2, 0.25) is 0 Å². The van der Waals surface area contributed by atoms with Gasteiger partial charge in [-0.2, -0.15) is 8.78 Å². The van der Waals surface area contributed by atoms with Gasteiger partial charge in [-0.3, -0.25) is 4.79 Å². The Bertz CT molecular complexity index is 940. The summed E-state index contributed by atoms with van der Waals surface area (Å²) in [5.41, 5.74) is -0.397. The van der Waals surface area contributed by atoms with E-state index in [1.54, 1.807) is 0 Å². The van der Waals surface area contributed by atoms with Crippen LogP contribution >= 0.6 is 0 Å². The molecule has 0 N–H and O–H groups in total. The first-order valence-corrected chi connectivity index (χ1v) is 8.45. The lowest BCUT2D eigenvalue weighted by Gasteiger charge is -2.06. The van der Waals surface area contributed by atoms with E-state index in [4.69, 9.17) is 0 Å². The molecule has 0 aliphatic rings. The Morgan fingerprint density at radius 3 is 2.04 bits per heavy atom. The molecule has 0 spiro atoms. The van der Waals surface area contributed by atoms with Crippen molar-refractivity contribution in [3.8, 4) is 0 Å². The number of carbonyl (C=O) groups is 2. The molecule has 10 heteroatoms. The predicted octanol–water partition coefficient (Wildman–Crippen LogP) is 3.00. The molecule has 5 nitrogen and oxygen atoms in total. The SMILES string of the molecule is O=C(COC(=O)c1ccc(S(=O)(=O)C(F)F)cc1)c1ccc(F)c(F)c1. The molecule has 0 radical (unpaired) electrons. The number of hydrogen-bond donors (Lipinski definition) is 0. The normalized spacial score (nSPS) is 11.4. The maximum Gasteiger partial charge on any atom is 0.341 e. The number of hydrogen-bond acceptors (Lipinski definition) is 5. The molecule has 2 aromatic carbocycles. The van der Waals surface area contributed by atoms with Crippen molar-refractivity contribution in [2.75, 3.05) is 6.61 Å². The van der Waals surface area contributed by atoms with Crippen LogP contribution in [0.5, 0.6) is 0 Å². The van der Waals surface area contributed by atoms with Crippen molar-refractivity contribution in [1.29, 1.82) is 0 Å². The Hall–Kier alpha value is -2.75. The molecule has 0 bridgehead atoms. The van der Waals surface area contributed by atoms with Gasteiger partial charge < -0.3 is 4.74 Å². The van der Waals surface area contributed by atoms with Crippen LogP contribution in [0.4, 0.5) is 17.6 Å². The van der Waals surface area contributed by atoms with E-state index < -0.39 is 50.5 Å². The van der Waals surface area contributed by atoms with Gasteiger partial charge in [0.2, 0.25) is 9.84 Å². The molecule has 0 atom stereocenters. The maximum atomic E-state index is 13.1. The summed E-state index contributed by atoms with van der Waals surface area (Å²) in [4.78, 5) is 22.9. The van der Waals surface area contributed by atoms with Crippen LogP contribution in [0.15, 0.2) is 47.4 Å². The number of alkyl halides is 2. The Morgan fingerprint density at radius 2 is 1.50 bits per heavy atom. The zero-order chi connectivity index (χ0) is 19.5. The fraction of sp³-hybridized carbons (Fsp3) is 0.125. The number of halogens is 4. The molecule has 0 amide bonds. The molecule has 26 heavy (non-hydrogen) atoms. The molecule has 138 valence electrons. The van der Waals surface area contributed by atoms with Gasteiger partial charge in [-0.05, 0) is 42.5 Å². The lowest BCUT2D eigenvalue weighted by Crippen LogP contribution is -2.15. The van der Waals surface area contributed by atoms with Crippen LogP contribution in [0.25, 0.3) is 0 Å². The van der Waals surface area contributed by atoms with Crippen molar-refractivity contribution in [3.63, 3.8) is 0 Å². The van der Waals surface area contributed by atoms with Crippen LogP contribution in [-0.2, 0) is 14.6 Å². The lowest BCUT2D eigenvalue weighted by molar-refractivity contribution is 0.0474. The highest BCUT2D eigenvalue weighted by molar-refractivity contribution is 7.91. The molecule has 0 heterocycles. The van der Waals surface area contributed by atoms with Crippen LogP contribution in [0, 0.1) is 11.6 Å². The Kier molecular flexibility index (Phi) is 5.76. The first kappa shape index (κ1) is 19.6. The minimum Gasteiger partial charge on any atom is -0.454 e. The van der Waals surface area contributed by atoms with Gasteiger partial charge in [0.25, 0.3) is 0 Å². The summed E-state index contributed by atoms with van der Waals surface area (Å²) in [5.74, 6) is -7.81. The maximum absolute atomic E-state index is 13.1. The number of ketones is 1. The highest BCUT2D eigenvalue weighted by atomic mass is 32.2. The minimum atomic E-state index is -4.79. The van der Waals surface area contributed by atoms with Gasteiger partial charge in [0.1, 0.15) is 0 Å². The van der Waals surface area contributed by atoms with Crippen molar-refractivity contribution >= 4 is 21.6 Å². The summed E-state index contributed by atoms with van der Waals surface area (Å²) in [7, 11) is -4.79. The lowest BCUT2D eigenvalue weighted by atomic mass is 10.1. The van der Waals surface area contributed by atoms with Gasteiger partial charge in [0.05, 0.1) is 10.5 Å². The van der Waals surface area contributed by atoms with E-state index in [1.165, 1.54) is 0 Å². The van der Waals surface area contributed by atoms with E-state index in [0.717, 1.165) is 36.4 Å². The minimum absolute atomic E-state index is 0.184. The quantitative estimate of drug-likeness (QED) is 0.431. The first-order valence-electron chi connectivity index (χ1n) is 6.90. The zero-order valence-electron chi connectivity index (χ0n) is 12.8. The fourth-order valence-corrected chi connectivity index (χ4v) is 2.57. The van der Waals surface area contributed by atoms with E-state index in [9.17, 15) is 35.6 Å². The molecule has 0 aliphatic carbocycles.